The van der Waals surface area contributed by atoms with Crippen LogP contribution in [0.4, 0.5) is 8.78 Å². The van der Waals surface area contributed by atoms with Crippen LogP contribution in [0.3, 0.4) is 0 Å². The number of aromatic nitrogens is 3. The number of thiophene rings is 1. The average Bonchev–Trinajstić information content (AvgIpc) is 3.49. The summed E-state index contributed by atoms with van der Waals surface area (Å²) >= 11 is 1.55. The van der Waals surface area contributed by atoms with Crippen LogP contribution in [0.2, 0.25) is 0 Å². The molecule has 7 nitrogen and oxygen atoms in total. The smallest absolute Gasteiger partial charge is 0.261 e. The largest absolute Gasteiger partial charge is 0.345 e. The maximum Gasteiger partial charge on any atom is 0.261 e. The van der Waals surface area contributed by atoms with Gasteiger partial charge < -0.3 is 15.2 Å². The topological polar surface area (TPSA) is 91.8 Å². The Balaban J connectivity index is 1.40. The number of hydrogen-bond acceptors (Lipinski definition) is 5. The van der Waals surface area contributed by atoms with Crippen LogP contribution in [0.1, 0.15) is 52.6 Å². The Labute approximate surface area is 204 Å². The van der Waals surface area contributed by atoms with Gasteiger partial charge >= 0.3 is 0 Å². The predicted octanol–water partition coefficient (Wildman–Crippen LogP) is 4.63. The molecule has 1 atom stereocenters. The van der Waals surface area contributed by atoms with Crippen molar-refractivity contribution in [2.75, 3.05) is 7.05 Å². The van der Waals surface area contributed by atoms with Crippen LogP contribution < -0.4 is 16.2 Å². The number of aromatic amines is 1. The van der Waals surface area contributed by atoms with E-state index in [1.165, 1.54) is 22.5 Å². The number of carbonyl (C=O) groups excluding carboxylic acids is 1. The van der Waals surface area contributed by atoms with E-state index in [9.17, 15) is 18.4 Å². The van der Waals surface area contributed by atoms with Gasteiger partial charge in [-0.3, -0.25) is 14.7 Å². The van der Waals surface area contributed by atoms with Crippen LogP contribution in [0.25, 0.3) is 22.0 Å². The lowest BCUT2D eigenvalue weighted by Gasteiger charge is -2.36. The predicted molar refractivity (Wildman–Crippen MR) is 132 cm³/mol. The summed E-state index contributed by atoms with van der Waals surface area (Å²) in [7, 11) is 1.91. The van der Waals surface area contributed by atoms with Crippen molar-refractivity contribution in [1.82, 2.24) is 25.4 Å². The van der Waals surface area contributed by atoms with Gasteiger partial charge in [-0.1, -0.05) is 24.3 Å². The van der Waals surface area contributed by atoms with Crippen molar-refractivity contribution in [3.05, 3.63) is 74.5 Å². The van der Waals surface area contributed by atoms with Gasteiger partial charge in [-0.05, 0) is 42.1 Å². The molecule has 3 N–H and O–H groups in total. The van der Waals surface area contributed by atoms with Gasteiger partial charge in [0, 0.05) is 36.5 Å². The molecule has 0 radical (unpaired) electrons. The van der Waals surface area contributed by atoms with Crippen molar-refractivity contribution in [3.8, 4) is 11.1 Å². The van der Waals surface area contributed by atoms with Crippen LogP contribution in [-0.4, -0.2) is 33.6 Å². The third kappa shape index (κ3) is 4.39. The molecule has 1 fully saturated rings. The van der Waals surface area contributed by atoms with Gasteiger partial charge in [0.05, 0.1) is 28.7 Å². The van der Waals surface area contributed by atoms with E-state index in [0.717, 1.165) is 22.5 Å². The molecule has 4 aromatic rings. The monoisotopic (exact) mass is 497 g/mol. The Hall–Kier alpha value is -3.37. The highest BCUT2D eigenvalue weighted by atomic mass is 32.1. The fourth-order valence-corrected chi connectivity index (χ4v) is 5.45. The minimum Gasteiger partial charge on any atom is -0.345 e. The molecule has 0 aliphatic heterocycles. The van der Waals surface area contributed by atoms with Gasteiger partial charge in [-0.2, -0.15) is 5.10 Å². The molecule has 3 heterocycles. The van der Waals surface area contributed by atoms with E-state index in [4.69, 9.17) is 0 Å². The third-order valence-electron chi connectivity index (χ3n) is 6.44. The zero-order valence-electron chi connectivity index (χ0n) is 19.3. The van der Waals surface area contributed by atoms with Crippen molar-refractivity contribution in [3.63, 3.8) is 0 Å². The molecule has 0 saturated heterocycles. The number of rotatable bonds is 7. The second-order valence-electron chi connectivity index (χ2n) is 8.95. The quantitative estimate of drug-likeness (QED) is 0.347. The van der Waals surface area contributed by atoms with Crippen LogP contribution in [-0.2, 0) is 6.54 Å². The van der Waals surface area contributed by atoms with Crippen molar-refractivity contribution in [1.29, 1.82) is 0 Å². The summed E-state index contributed by atoms with van der Waals surface area (Å²) in [5, 5.41) is 15.1. The van der Waals surface area contributed by atoms with Crippen molar-refractivity contribution in [2.45, 2.75) is 44.3 Å². The van der Waals surface area contributed by atoms with Gasteiger partial charge in [0.2, 0.25) is 0 Å². The Kier molecular flexibility index (Phi) is 6.02. The lowest BCUT2D eigenvalue weighted by atomic mass is 9.87. The number of fused-ring (bicyclic) bond motifs is 1. The first kappa shape index (κ1) is 23.4. The maximum atomic E-state index is 13.5. The SMILES string of the molecule is CNCc1ccccc1-c1csc(C(C)NC(=O)c2cn(C3CC(F)(F)C3)c(=O)c3cn[nH]c23)c1. The van der Waals surface area contributed by atoms with Gasteiger partial charge in [0.1, 0.15) is 0 Å². The molecule has 0 spiro atoms. The fraction of sp³-hybridized carbons (Fsp3) is 0.320. The van der Waals surface area contributed by atoms with E-state index in [-0.39, 0.29) is 17.0 Å². The summed E-state index contributed by atoms with van der Waals surface area (Å²) in [6.45, 7) is 2.64. The zero-order chi connectivity index (χ0) is 24.7. The summed E-state index contributed by atoms with van der Waals surface area (Å²) < 4.78 is 28.2. The Bertz CT molecular complexity index is 1450. The minimum absolute atomic E-state index is 0.204. The Morgan fingerprint density at radius 3 is 2.86 bits per heavy atom. The molecular formula is C25H25F2N5O2S. The molecule has 1 aliphatic rings. The van der Waals surface area contributed by atoms with Crippen LogP contribution in [0.15, 0.2) is 52.9 Å². The highest BCUT2D eigenvalue weighted by Crippen LogP contribution is 2.45. The second kappa shape index (κ2) is 9.01. The lowest BCUT2D eigenvalue weighted by Crippen LogP contribution is -2.41. The summed E-state index contributed by atoms with van der Waals surface area (Å²) in [6, 6.07) is 9.28. The second-order valence-corrected chi connectivity index (χ2v) is 9.90. The Morgan fingerprint density at radius 1 is 1.34 bits per heavy atom. The molecule has 3 aromatic heterocycles. The first-order valence-corrected chi connectivity index (χ1v) is 12.2. The van der Waals surface area contributed by atoms with Crippen LogP contribution >= 0.6 is 11.3 Å². The van der Waals surface area contributed by atoms with E-state index in [1.54, 1.807) is 11.3 Å². The van der Waals surface area contributed by atoms with E-state index in [0.29, 0.717) is 5.52 Å². The summed E-state index contributed by atoms with van der Waals surface area (Å²) in [6.07, 6.45) is 1.87. The number of hydrogen-bond donors (Lipinski definition) is 3. The molecule has 1 saturated carbocycles. The molecule has 1 aromatic carbocycles. The number of pyridine rings is 1. The molecule has 5 rings (SSSR count). The first-order chi connectivity index (χ1) is 16.8. The zero-order valence-corrected chi connectivity index (χ0v) is 20.1. The number of nitrogens with zero attached hydrogens (tertiary/aromatic N) is 2. The molecule has 1 amide bonds. The molecule has 182 valence electrons. The van der Waals surface area contributed by atoms with Gasteiger partial charge in [0.25, 0.3) is 17.4 Å². The van der Waals surface area contributed by atoms with Crippen LogP contribution in [0, 0.1) is 0 Å². The normalized spacial score (nSPS) is 16.2. The number of amides is 1. The highest BCUT2D eigenvalue weighted by Gasteiger charge is 2.46. The molecule has 35 heavy (non-hydrogen) atoms. The summed E-state index contributed by atoms with van der Waals surface area (Å²) in [5.41, 5.74) is 3.47. The highest BCUT2D eigenvalue weighted by molar-refractivity contribution is 7.10. The molecule has 1 unspecified atom stereocenters. The number of H-pyrrole nitrogens is 1. The summed E-state index contributed by atoms with van der Waals surface area (Å²) in [5.74, 6) is -3.19. The number of benzene rings is 1. The standard InChI is InChI=1S/C25H25F2N5O2S/c1-14(21-7-16(13-35-21)18-6-4-3-5-15(18)10-28-2)30-23(33)20-12-32(17-8-25(26,27)9-17)24(34)19-11-29-31-22(19)20/h3-7,11-14,17,28H,8-10H2,1-2H3,(H,29,31)(H,30,33). The average molecular weight is 498 g/mol. The van der Waals surface area contributed by atoms with Gasteiger partial charge in [0.15, 0.2) is 0 Å². The Morgan fingerprint density at radius 2 is 2.11 bits per heavy atom. The number of nitrogens with one attached hydrogen (secondary N) is 3. The minimum atomic E-state index is -2.78. The first-order valence-electron chi connectivity index (χ1n) is 11.4. The summed E-state index contributed by atoms with van der Waals surface area (Å²) in [4.78, 5) is 27.0. The fourth-order valence-electron chi connectivity index (χ4n) is 4.54. The van der Waals surface area contributed by atoms with E-state index >= 15 is 0 Å². The number of carbonyl (C=O) groups is 1. The third-order valence-corrected chi connectivity index (χ3v) is 7.55. The molecule has 10 heteroatoms. The molecule has 0 bridgehead atoms. The van der Waals surface area contributed by atoms with Crippen molar-refractivity contribution in [2.24, 2.45) is 0 Å². The van der Waals surface area contributed by atoms with Gasteiger partial charge in [-0.15, -0.1) is 11.3 Å². The van der Waals surface area contributed by atoms with Crippen LogP contribution in [0.5, 0.6) is 0 Å². The van der Waals surface area contributed by atoms with Gasteiger partial charge in [-0.25, -0.2) is 8.78 Å². The maximum absolute atomic E-state index is 13.5. The number of halogens is 2. The molecule has 1 aliphatic carbocycles. The number of alkyl halides is 2. The van der Waals surface area contributed by atoms with Crippen molar-refractivity contribution >= 4 is 28.1 Å². The molecular weight excluding hydrogens is 472 g/mol. The van der Waals surface area contributed by atoms with E-state index in [2.05, 4.69) is 44.4 Å². The van der Waals surface area contributed by atoms with E-state index in [1.807, 2.05) is 26.1 Å². The van der Waals surface area contributed by atoms with Crippen molar-refractivity contribution < 1.29 is 13.6 Å². The lowest BCUT2D eigenvalue weighted by molar-refractivity contribution is -0.104. The van der Waals surface area contributed by atoms with E-state index < -0.39 is 36.3 Å².